The molecule has 0 bridgehead atoms. The molecule has 7 heteroatoms. The monoisotopic (exact) mass is 358 g/mol. The van der Waals surface area contributed by atoms with Crippen LogP contribution in [0, 0.1) is 5.82 Å². The number of nitrogens with zero attached hydrogens (tertiary/aromatic N) is 5. The van der Waals surface area contributed by atoms with Crippen LogP contribution in [0.3, 0.4) is 0 Å². The Balaban J connectivity index is 1.42. The Morgan fingerprint density at radius 2 is 1.96 bits per heavy atom. The van der Waals surface area contributed by atoms with Crippen molar-refractivity contribution in [3.63, 3.8) is 0 Å². The summed E-state index contributed by atoms with van der Waals surface area (Å²) in [5.41, 5.74) is 3.66. The lowest BCUT2D eigenvalue weighted by molar-refractivity contribution is 0.621. The second-order valence-corrected chi connectivity index (χ2v) is 6.29. The standard InChI is InChI=1S/C20H15FN6/c21-16-4-1-3-14(9-16)13-27-19-7-6-17(10-15(19)11-23-27)24-20-22-12-18-5-2-8-26(18)25-20/h1-12H,13H2,(H,24,25). The normalized spacial score (nSPS) is 11.3. The largest absolute Gasteiger partial charge is 0.323 e. The minimum absolute atomic E-state index is 0.241. The highest BCUT2D eigenvalue weighted by atomic mass is 19.1. The molecule has 0 saturated carbocycles. The average molecular weight is 358 g/mol. The van der Waals surface area contributed by atoms with E-state index >= 15 is 0 Å². The van der Waals surface area contributed by atoms with Gasteiger partial charge in [0.15, 0.2) is 0 Å². The van der Waals surface area contributed by atoms with E-state index in [0.29, 0.717) is 12.5 Å². The third-order valence-corrected chi connectivity index (χ3v) is 4.40. The second-order valence-electron chi connectivity index (χ2n) is 6.29. The van der Waals surface area contributed by atoms with Gasteiger partial charge in [-0.2, -0.15) is 5.10 Å². The van der Waals surface area contributed by atoms with Gasteiger partial charge in [0.05, 0.1) is 30.0 Å². The molecule has 6 nitrogen and oxygen atoms in total. The highest BCUT2D eigenvalue weighted by Crippen LogP contribution is 2.22. The maximum absolute atomic E-state index is 13.4. The number of nitrogens with one attached hydrogen (secondary N) is 1. The Labute approximate surface area is 153 Å². The van der Waals surface area contributed by atoms with Crippen molar-refractivity contribution in [1.82, 2.24) is 24.4 Å². The minimum atomic E-state index is -0.241. The van der Waals surface area contributed by atoms with Crippen LogP contribution < -0.4 is 5.32 Å². The third kappa shape index (κ3) is 2.99. The Morgan fingerprint density at radius 3 is 2.89 bits per heavy atom. The highest BCUT2D eigenvalue weighted by molar-refractivity contribution is 5.83. The number of fused-ring (bicyclic) bond motifs is 2. The summed E-state index contributed by atoms with van der Waals surface area (Å²) in [4.78, 5) is 4.32. The predicted molar refractivity (Wildman–Crippen MR) is 102 cm³/mol. The van der Waals surface area contributed by atoms with Crippen LogP contribution in [0.5, 0.6) is 0 Å². The van der Waals surface area contributed by atoms with Crippen LogP contribution in [0.15, 0.2) is 73.2 Å². The first kappa shape index (κ1) is 15.5. The Morgan fingerprint density at radius 1 is 1.00 bits per heavy atom. The summed E-state index contributed by atoms with van der Waals surface area (Å²) in [6, 6.07) is 16.4. The summed E-state index contributed by atoms with van der Waals surface area (Å²) in [6.07, 6.45) is 5.45. The molecule has 0 saturated heterocycles. The molecule has 0 atom stereocenters. The van der Waals surface area contributed by atoms with Gasteiger partial charge < -0.3 is 5.32 Å². The molecule has 0 aliphatic heterocycles. The van der Waals surface area contributed by atoms with E-state index in [1.165, 1.54) is 12.1 Å². The minimum Gasteiger partial charge on any atom is -0.323 e. The summed E-state index contributed by atoms with van der Waals surface area (Å²) < 4.78 is 17.0. The zero-order valence-corrected chi connectivity index (χ0v) is 14.2. The zero-order chi connectivity index (χ0) is 18.2. The van der Waals surface area contributed by atoms with Crippen LogP contribution in [0.2, 0.25) is 0 Å². The van der Waals surface area contributed by atoms with E-state index in [4.69, 9.17) is 0 Å². The number of aromatic nitrogens is 5. The Kier molecular flexibility index (Phi) is 3.57. The Hall–Kier alpha value is -3.74. The van der Waals surface area contributed by atoms with E-state index in [1.54, 1.807) is 23.0 Å². The maximum atomic E-state index is 13.4. The molecule has 5 aromatic rings. The van der Waals surface area contributed by atoms with Crippen LogP contribution in [0.1, 0.15) is 5.56 Å². The summed E-state index contributed by atoms with van der Waals surface area (Å²) in [7, 11) is 0. The summed E-state index contributed by atoms with van der Waals surface area (Å²) in [5, 5.41) is 13.1. The topological polar surface area (TPSA) is 60.0 Å². The van der Waals surface area contributed by atoms with Crippen molar-refractivity contribution < 1.29 is 4.39 Å². The molecule has 132 valence electrons. The number of rotatable bonds is 4. The zero-order valence-electron chi connectivity index (χ0n) is 14.2. The van der Waals surface area contributed by atoms with E-state index < -0.39 is 0 Å². The lowest BCUT2D eigenvalue weighted by atomic mass is 10.2. The van der Waals surface area contributed by atoms with Gasteiger partial charge >= 0.3 is 0 Å². The van der Waals surface area contributed by atoms with Crippen molar-refractivity contribution in [3.8, 4) is 0 Å². The van der Waals surface area contributed by atoms with Crippen molar-refractivity contribution in [3.05, 3.63) is 84.6 Å². The Bertz CT molecular complexity index is 1260. The molecule has 0 spiro atoms. The average Bonchev–Trinajstić information content (AvgIpc) is 3.28. The molecule has 0 aliphatic carbocycles. The van der Waals surface area contributed by atoms with Gasteiger partial charge in [-0.25, -0.2) is 13.9 Å². The summed E-state index contributed by atoms with van der Waals surface area (Å²) in [6.45, 7) is 0.515. The molecular weight excluding hydrogens is 343 g/mol. The van der Waals surface area contributed by atoms with Gasteiger partial charge in [-0.15, -0.1) is 5.10 Å². The van der Waals surface area contributed by atoms with Gasteiger partial charge in [-0.05, 0) is 48.0 Å². The van der Waals surface area contributed by atoms with E-state index in [1.807, 2.05) is 47.3 Å². The van der Waals surface area contributed by atoms with Crippen LogP contribution in [0.25, 0.3) is 16.4 Å². The van der Waals surface area contributed by atoms with Crippen LogP contribution >= 0.6 is 0 Å². The van der Waals surface area contributed by atoms with Crippen LogP contribution in [0.4, 0.5) is 16.0 Å². The molecule has 5 rings (SSSR count). The number of anilines is 2. The fourth-order valence-corrected chi connectivity index (χ4v) is 3.12. The van der Waals surface area contributed by atoms with Gasteiger partial charge in [0.25, 0.3) is 0 Å². The van der Waals surface area contributed by atoms with E-state index in [2.05, 4.69) is 20.5 Å². The van der Waals surface area contributed by atoms with Gasteiger partial charge in [-0.3, -0.25) is 4.68 Å². The molecule has 0 radical (unpaired) electrons. The first-order valence-electron chi connectivity index (χ1n) is 8.52. The van der Waals surface area contributed by atoms with Crippen molar-refractivity contribution >= 4 is 28.1 Å². The van der Waals surface area contributed by atoms with Crippen LogP contribution in [-0.4, -0.2) is 24.4 Å². The molecule has 0 aliphatic rings. The van der Waals surface area contributed by atoms with Crippen LogP contribution in [-0.2, 0) is 6.54 Å². The van der Waals surface area contributed by atoms with E-state index in [9.17, 15) is 4.39 Å². The molecule has 3 aromatic heterocycles. The summed E-state index contributed by atoms with van der Waals surface area (Å²) >= 11 is 0. The van der Waals surface area contributed by atoms with E-state index in [0.717, 1.165) is 27.7 Å². The first-order valence-corrected chi connectivity index (χ1v) is 8.52. The maximum Gasteiger partial charge on any atom is 0.245 e. The lowest BCUT2D eigenvalue weighted by Crippen LogP contribution is -2.02. The molecule has 1 N–H and O–H groups in total. The molecule has 27 heavy (non-hydrogen) atoms. The fourth-order valence-electron chi connectivity index (χ4n) is 3.12. The number of hydrogen-bond acceptors (Lipinski definition) is 4. The summed E-state index contributed by atoms with van der Waals surface area (Å²) in [5.74, 6) is 0.278. The molecule has 0 fully saturated rings. The van der Waals surface area contributed by atoms with Gasteiger partial charge in [0.1, 0.15) is 5.82 Å². The highest BCUT2D eigenvalue weighted by Gasteiger charge is 2.07. The van der Waals surface area contributed by atoms with Gasteiger partial charge in [-0.1, -0.05) is 12.1 Å². The van der Waals surface area contributed by atoms with E-state index in [-0.39, 0.29) is 5.82 Å². The third-order valence-electron chi connectivity index (χ3n) is 4.40. The SMILES string of the molecule is Fc1cccc(Cn2ncc3cc(Nc4ncc5cccn5n4)ccc32)c1. The predicted octanol–water partition coefficient (Wildman–Crippen LogP) is 4.01. The van der Waals surface area contributed by atoms with Gasteiger partial charge in [0, 0.05) is 17.3 Å². The first-order chi connectivity index (χ1) is 13.2. The smallest absolute Gasteiger partial charge is 0.245 e. The molecule has 0 unspecified atom stereocenters. The van der Waals surface area contributed by atoms with Crippen molar-refractivity contribution in [2.24, 2.45) is 0 Å². The molecular formula is C20H15FN6. The lowest BCUT2D eigenvalue weighted by Gasteiger charge is -2.07. The quantitative estimate of drug-likeness (QED) is 0.527. The molecule has 2 aromatic carbocycles. The number of halogens is 1. The fraction of sp³-hybridized carbons (Fsp3) is 0.0500. The van der Waals surface area contributed by atoms with Crippen molar-refractivity contribution in [1.29, 1.82) is 0 Å². The second kappa shape index (κ2) is 6.21. The molecule has 0 amide bonds. The van der Waals surface area contributed by atoms with Gasteiger partial charge in [0.2, 0.25) is 5.95 Å². The van der Waals surface area contributed by atoms with Crippen molar-refractivity contribution in [2.75, 3.05) is 5.32 Å². The number of hydrogen-bond donors (Lipinski definition) is 1. The molecule has 3 heterocycles. The van der Waals surface area contributed by atoms with Crippen molar-refractivity contribution in [2.45, 2.75) is 6.54 Å². The number of benzene rings is 2.